The molecule has 1 aliphatic rings. The average Bonchev–Trinajstić information content (AvgIpc) is 2.70. The molecule has 2 atom stereocenters. The normalized spacial score (nSPS) is 17.0. The van der Waals surface area contributed by atoms with Crippen molar-refractivity contribution in [2.75, 3.05) is 24.2 Å². The van der Waals surface area contributed by atoms with Gasteiger partial charge < -0.3 is 14.8 Å². The molecule has 0 fully saturated rings. The molecule has 30 heavy (non-hydrogen) atoms. The lowest BCUT2D eigenvalue weighted by atomic mass is 10.0. The molecular weight excluding hydrogens is 428 g/mol. The number of carbonyl (C=O) groups is 1. The van der Waals surface area contributed by atoms with Crippen molar-refractivity contribution in [2.24, 2.45) is 0 Å². The van der Waals surface area contributed by atoms with E-state index in [9.17, 15) is 13.2 Å². The third-order valence-electron chi connectivity index (χ3n) is 5.03. The van der Waals surface area contributed by atoms with Crippen molar-refractivity contribution < 1.29 is 22.7 Å². The number of anilines is 1. The van der Waals surface area contributed by atoms with Crippen LogP contribution in [-0.2, 0) is 14.8 Å². The van der Waals surface area contributed by atoms with E-state index in [1.54, 1.807) is 19.2 Å². The number of halogens is 1. The van der Waals surface area contributed by atoms with Crippen molar-refractivity contribution in [3.8, 4) is 11.5 Å². The van der Waals surface area contributed by atoms with Crippen LogP contribution in [0.25, 0.3) is 0 Å². The van der Waals surface area contributed by atoms with Crippen LogP contribution in [-0.4, -0.2) is 40.3 Å². The molecular formula is C21H25ClN2O5S. The summed E-state index contributed by atoms with van der Waals surface area (Å²) in [4.78, 5) is 13.0. The fourth-order valence-electron chi connectivity index (χ4n) is 3.48. The van der Waals surface area contributed by atoms with Crippen LogP contribution in [0.4, 0.5) is 5.69 Å². The standard InChI is InChI=1S/C21H25ClN2O5S/c1-5-16(14-6-8-18(28-3)13(2)10-14)23-21(25)20-12-24(30(4,26)27)17-11-15(22)7-9-19(17)29-20/h6-11,16,20H,5,12H2,1-4H3,(H,23,25)/t16-,20-/m0/s1. The van der Waals surface area contributed by atoms with Crippen LogP contribution in [0.2, 0.25) is 5.02 Å². The molecule has 162 valence electrons. The van der Waals surface area contributed by atoms with Gasteiger partial charge in [-0.05, 0) is 48.7 Å². The van der Waals surface area contributed by atoms with E-state index in [-0.39, 0.29) is 18.5 Å². The van der Waals surface area contributed by atoms with Crippen LogP contribution in [0, 0.1) is 6.92 Å². The molecule has 1 amide bonds. The van der Waals surface area contributed by atoms with Gasteiger partial charge in [-0.1, -0.05) is 30.7 Å². The second-order valence-electron chi connectivity index (χ2n) is 7.21. The highest BCUT2D eigenvalue weighted by Gasteiger charge is 2.35. The van der Waals surface area contributed by atoms with Gasteiger partial charge in [-0.3, -0.25) is 9.10 Å². The lowest BCUT2D eigenvalue weighted by Gasteiger charge is -2.34. The Labute approximate surface area is 182 Å². The summed E-state index contributed by atoms with van der Waals surface area (Å²) in [7, 11) is -2.01. The van der Waals surface area contributed by atoms with Gasteiger partial charge in [-0.2, -0.15) is 0 Å². The van der Waals surface area contributed by atoms with E-state index in [0.717, 1.165) is 27.4 Å². The maximum atomic E-state index is 13.0. The summed E-state index contributed by atoms with van der Waals surface area (Å²) < 4.78 is 36.9. The first-order valence-electron chi connectivity index (χ1n) is 9.52. The number of aryl methyl sites for hydroxylation is 1. The van der Waals surface area contributed by atoms with Gasteiger partial charge in [0, 0.05) is 5.02 Å². The molecule has 0 bridgehead atoms. The van der Waals surface area contributed by atoms with Gasteiger partial charge in [0.1, 0.15) is 11.5 Å². The Balaban J connectivity index is 1.84. The summed E-state index contributed by atoms with van der Waals surface area (Å²) in [6, 6.07) is 10.2. The van der Waals surface area contributed by atoms with E-state index in [1.165, 1.54) is 6.07 Å². The van der Waals surface area contributed by atoms with Gasteiger partial charge >= 0.3 is 0 Å². The number of ether oxygens (including phenoxy) is 2. The molecule has 2 aromatic carbocycles. The Morgan fingerprint density at radius 3 is 2.67 bits per heavy atom. The van der Waals surface area contributed by atoms with E-state index in [2.05, 4.69) is 5.32 Å². The quantitative estimate of drug-likeness (QED) is 0.725. The molecule has 9 heteroatoms. The zero-order chi connectivity index (χ0) is 22.1. The topological polar surface area (TPSA) is 84.9 Å². The first kappa shape index (κ1) is 22.2. The second kappa shape index (κ2) is 8.73. The van der Waals surface area contributed by atoms with Crippen molar-refractivity contribution in [1.82, 2.24) is 5.32 Å². The second-order valence-corrected chi connectivity index (χ2v) is 9.55. The van der Waals surface area contributed by atoms with Gasteiger partial charge in [0.05, 0.1) is 31.6 Å². The SMILES string of the molecule is CC[C@H](NC(=O)[C@@H]1CN(S(C)(=O)=O)c2cc(Cl)ccc2O1)c1ccc(OC)c(C)c1. The number of carbonyl (C=O) groups excluding carboxylic acids is 1. The Hall–Kier alpha value is -2.45. The number of hydrogen-bond acceptors (Lipinski definition) is 5. The highest BCUT2D eigenvalue weighted by atomic mass is 35.5. The molecule has 0 radical (unpaired) electrons. The molecule has 0 saturated carbocycles. The largest absolute Gasteiger partial charge is 0.496 e. The molecule has 7 nitrogen and oxygen atoms in total. The molecule has 2 aromatic rings. The van der Waals surface area contributed by atoms with Gasteiger partial charge in [0.2, 0.25) is 10.0 Å². The summed E-state index contributed by atoms with van der Waals surface area (Å²) in [5, 5.41) is 3.36. The number of hydrogen-bond donors (Lipinski definition) is 1. The molecule has 0 unspecified atom stereocenters. The minimum atomic E-state index is -3.62. The summed E-state index contributed by atoms with van der Waals surface area (Å²) in [6.07, 6.45) is 0.765. The van der Waals surface area contributed by atoms with E-state index in [4.69, 9.17) is 21.1 Å². The molecule has 0 aromatic heterocycles. The Morgan fingerprint density at radius 2 is 2.07 bits per heavy atom. The Bertz CT molecular complexity index is 1060. The van der Waals surface area contributed by atoms with Crippen molar-refractivity contribution >= 4 is 33.2 Å². The molecule has 3 rings (SSSR count). The number of sulfonamides is 1. The smallest absolute Gasteiger partial charge is 0.263 e. The van der Waals surface area contributed by atoms with Crippen LogP contribution < -0.4 is 19.1 Å². The predicted octanol–water partition coefficient (Wildman–Crippen LogP) is 3.45. The van der Waals surface area contributed by atoms with Crippen molar-refractivity contribution in [2.45, 2.75) is 32.4 Å². The van der Waals surface area contributed by atoms with Crippen molar-refractivity contribution in [1.29, 1.82) is 0 Å². The van der Waals surface area contributed by atoms with E-state index in [0.29, 0.717) is 22.9 Å². The summed E-state index contributed by atoms with van der Waals surface area (Å²) in [5.41, 5.74) is 2.23. The number of rotatable bonds is 6. The van der Waals surface area contributed by atoms with Crippen LogP contribution in [0.3, 0.4) is 0 Å². The van der Waals surface area contributed by atoms with Crippen molar-refractivity contribution in [3.05, 3.63) is 52.5 Å². The summed E-state index contributed by atoms with van der Waals surface area (Å²) >= 11 is 6.02. The monoisotopic (exact) mass is 452 g/mol. The summed E-state index contributed by atoms with van der Waals surface area (Å²) in [5.74, 6) is 0.684. The van der Waals surface area contributed by atoms with E-state index in [1.807, 2.05) is 32.0 Å². The van der Waals surface area contributed by atoms with Crippen LogP contribution >= 0.6 is 11.6 Å². The first-order valence-corrected chi connectivity index (χ1v) is 11.8. The van der Waals surface area contributed by atoms with Gasteiger partial charge in [-0.25, -0.2) is 8.42 Å². The first-order chi connectivity index (χ1) is 14.1. The van der Waals surface area contributed by atoms with Crippen LogP contribution in [0.15, 0.2) is 36.4 Å². The number of amides is 1. The average molecular weight is 453 g/mol. The molecule has 1 aliphatic heterocycles. The summed E-state index contributed by atoms with van der Waals surface area (Å²) in [6.45, 7) is 3.77. The fraction of sp³-hybridized carbons (Fsp3) is 0.381. The minimum Gasteiger partial charge on any atom is -0.496 e. The molecule has 0 spiro atoms. The molecule has 0 saturated heterocycles. The number of nitrogens with one attached hydrogen (secondary N) is 1. The third-order valence-corrected chi connectivity index (χ3v) is 6.41. The van der Waals surface area contributed by atoms with E-state index >= 15 is 0 Å². The van der Waals surface area contributed by atoms with Gasteiger partial charge in [0.15, 0.2) is 6.10 Å². The maximum Gasteiger partial charge on any atom is 0.263 e. The fourth-order valence-corrected chi connectivity index (χ4v) is 4.55. The van der Waals surface area contributed by atoms with Gasteiger partial charge in [-0.15, -0.1) is 0 Å². The number of methoxy groups -OCH3 is 1. The predicted molar refractivity (Wildman–Crippen MR) is 117 cm³/mol. The third kappa shape index (κ3) is 4.65. The zero-order valence-electron chi connectivity index (χ0n) is 17.3. The highest BCUT2D eigenvalue weighted by Crippen LogP contribution is 2.37. The Kier molecular flexibility index (Phi) is 6.47. The maximum absolute atomic E-state index is 13.0. The van der Waals surface area contributed by atoms with Crippen LogP contribution in [0.5, 0.6) is 11.5 Å². The van der Waals surface area contributed by atoms with Gasteiger partial charge in [0.25, 0.3) is 5.91 Å². The molecule has 0 aliphatic carbocycles. The van der Waals surface area contributed by atoms with E-state index < -0.39 is 16.1 Å². The number of benzene rings is 2. The highest BCUT2D eigenvalue weighted by molar-refractivity contribution is 7.92. The molecule has 1 N–H and O–H groups in total. The lowest BCUT2D eigenvalue weighted by Crippen LogP contribution is -2.51. The minimum absolute atomic E-state index is 0.129. The lowest BCUT2D eigenvalue weighted by molar-refractivity contribution is -0.128. The molecule has 1 heterocycles. The number of fused-ring (bicyclic) bond motifs is 1. The van der Waals surface area contributed by atoms with Crippen molar-refractivity contribution in [3.63, 3.8) is 0 Å². The zero-order valence-corrected chi connectivity index (χ0v) is 18.9. The Morgan fingerprint density at radius 1 is 1.33 bits per heavy atom. The number of nitrogens with zero attached hydrogens (tertiary/aromatic N) is 1. The van der Waals surface area contributed by atoms with Crippen LogP contribution in [0.1, 0.15) is 30.5 Å².